The van der Waals surface area contributed by atoms with Crippen molar-refractivity contribution >= 4 is 0 Å². The van der Waals surface area contributed by atoms with Gasteiger partial charge in [-0.2, -0.15) is 0 Å². The predicted molar refractivity (Wildman–Crippen MR) is 29.9 cm³/mol. The van der Waals surface area contributed by atoms with Gasteiger partial charge < -0.3 is 21.8 Å². The van der Waals surface area contributed by atoms with Crippen LogP contribution >= 0.6 is 0 Å². The topological polar surface area (TPSA) is 214 Å². The molecule has 0 saturated carbocycles. The van der Waals surface area contributed by atoms with Gasteiger partial charge in [-0.3, -0.25) is 0 Å². The number of rotatable bonds is 0. The Hall–Kier alpha value is -1.88. The van der Waals surface area contributed by atoms with Gasteiger partial charge >= 0.3 is 0 Å². The lowest BCUT2D eigenvalue weighted by atomic mass is 13.4. The first kappa shape index (κ1) is 35.4. The summed E-state index contributed by atoms with van der Waals surface area (Å²) in [5.41, 5.74) is 0. The fourth-order valence-electron chi connectivity index (χ4n) is 0. The van der Waals surface area contributed by atoms with Gasteiger partial charge in [0.2, 0.25) is 0 Å². The molecule has 11 heteroatoms. The predicted octanol–water partition coefficient (Wildman–Crippen LogP) is 0.107. The van der Waals surface area contributed by atoms with Crippen molar-refractivity contribution in [3.8, 4) is 0 Å². The lowest BCUT2D eigenvalue weighted by molar-refractivity contribution is 0.312. The summed E-state index contributed by atoms with van der Waals surface area (Å²) in [5, 5.41) is 23.7. The standard InChI is InChI=1S/3HNO2.H3N.N/c3*2-1-3;;/h3*(H,2,3);1H3;. The molecule has 11 nitrogen and oxygen atoms in total. The van der Waals surface area contributed by atoms with E-state index in [4.69, 9.17) is 30.3 Å². The van der Waals surface area contributed by atoms with Crippen molar-refractivity contribution in [1.29, 1.82) is 0 Å². The zero-order valence-corrected chi connectivity index (χ0v) is 5.06. The summed E-state index contributed by atoms with van der Waals surface area (Å²) in [7, 11) is 0. The van der Waals surface area contributed by atoms with Crippen LogP contribution in [-0.2, 0) is 0 Å². The van der Waals surface area contributed by atoms with Crippen LogP contribution in [0.3, 0.4) is 0 Å². The summed E-state index contributed by atoms with van der Waals surface area (Å²) in [6.45, 7) is 0. The molecule has 0 aromatic rings. The molecule has 6 N–H and O–H groups in total. The minimum Gasteiger partial charge on any atom is -0.379 e. The Morgan fingerprint density at radius 2 is 0.727 bits per heavy atom. The van der Waals surface area contributed by atoms with Crippen molar-refractivity contribution in [2.24, 2.45) is 16.0 Å². The van der Waals surface area contributed by atoms with Crippen LogP contribution in [0.4, 0.5) is 0 Å². The highest BCUT2D eigenvalue weighted by Gasteiger charge is 1.19. The second kappa shape index (κ2) is 328. The summed E-state index contributed by atoms with van der Waals surface area (Å²) in [6.07, 6.45) is 0. The summed E-state index contributed by atoms with van der Waals surface area (Å²) in [5.74, 6) is 0. The monoisotopic (exact) mass is 172 g/mol. The van der Waals surface area contributed by atoms with Crippen LogP contribution in [0.2, 0.25) is 0 Å². The van der Waals surface area contributed by atoms with Gasteiger partial charge in [0, 0.05) is 6.15 Å². The number of hydrogen-bond donors (Lipinski definition) is 4. The molecule has 0 fully saturated rings. The fraction of sp³-hybridized carbons (Fsp3) is 0. The maximum Gasteiger partial charge on any atom is 0.152 e. The average molecular weight is 172 g/mol. The number of hydrogen-bond acceptors (Lipinski definition) is 7. The average Bonchev–Trinajstić information content (AvgIpc) is 1.70. The number of nitrogens with zero attached hydrogens (tertiary/aromatic N) is 4. The normalized spacial score (nSPS) is 3.27. The van der Waals surface area contributed by atoms with Crippen molar-refractivity contribution in [2.45, 2.75) is 0 Å². The summed E-state index contributed by atoms with van der Waals surface area (Å²) in [6, 6.07) is 0. The second-order valence-electron chi connectivity index (χ2n) is 0.245. The summed E-state index contributed by atoms with van der Waals surface area (Å²) in [4.78, 5) is 24.3. The van der Waals surface area contributed by atoms with Crippen LogP contribution in [0.5, 0.6) is 0 Å². The van der Waals surface area contributed by atoms with E-state index in [0.717, 1.165) is 0 Å². The largest absolute Gasteiger partial charge is 0.379 e. The lowest BCUT2D eigenvalue weighted by Crippen LogP contribution is -1.25. The van der Waals surface area contributed by atoms with Crippen molar-refractivity contribution in [1.82, 2.24) is 12.3 Å². The van der Waals surface area contributed by atoms with Crippen molar-refractivity contribution in [2.75, 3.05) is 0 Å². The van der Waals surface area contributed by atoms with Gasteiger partial charge in [-0.25, -0.2) is 0 Å². The van der Waals surface area contributed by atoms with Gasteiger partial charge in [-0.15, -0.1) is 14.7 Å². The molecule has 0 heterocycles. The van der Waals surface area contributed by atoms with E-state index in [1.807, 2.05) is 0 Å². The Morgan fingerprint density at radius 3 is 0.727 bits per heavy atom. The van der Waals surface area contributed by atoms with E-state index in [9.17, 15) is 0 Å². The Balaban J connectivity index is -0.0000000150. The molecule has 0 aromatic heterocycles. The molecular weight excluding hydrogens is 166 g/mol. The van der Waals surface area contributed by atoms with Gasteiger partial charge in [0.15, 0.2) is 16.0 Å². The van der Waals surface area contributed by atoms with Crippen LogP contribution in [0.15, 0.2) is 16.0 Å². The third kappa shape index (κ3) is 86.0. The molecule has 0 saturated heterocycles. The van der Waals surface area contributed by atoms with E-state index in [1.54, 1.807) is 0 Å². The molecule has 3 radical (unpaired) electrons. The van der Waals surface area contributed by atoms with Gasteiger partial charge in [0.25, 0.3) is 0 Å². The third-order valence-electron chi connectivity index (χ3n) is 0. The Bertz CT molecular complexity index is 47.7. The van der Waals surface area contributed by atoms with E-state index < -0.39 is 0 Å². The minimum atomic E-state index is 0. The van der Waals surface area contributed by atoms with Gasteiger partial charge in [0.1, 0.15) is 0 Å². The van der Waals surface area contributed by atoms with Crippen molar-refractivity contribution in [3.63, 3.8) is 0 Å². The fourth-order valence-corrected chi connectivity index (χ4v) is 0. The van der Waals surface area contributed by atoms with Crippen LogP contribution in [0.1, 0.15) is 0 Å². The molecule has 0 aliphatic rings. The molecule has 0 amide bonds. The molecule has 0 aliphatic heterocycles. The molecule has 11 heavy (non-hydrogen) atoms. The van der Waals surface area contributed by atoms with E-state index in [2.05, 4.69) is 0 Å². The van der Waals surface area contributed by atoms with E-state index >= 15 is 0 Å². The SMILES string of the molecule is N.O=NO.O=NO.O=NO.[N]. The zero-order valence-electron chi connectivity index (χ0n) is 5.06. The van der Waals surface area contributed by atoms with Crippen LogP contribution < -0.4 is 12.3 Å². The summed E-state index contributed by atoms with van der Waals surface area (Å²) >= 11 is 0. The molecule has 0 spiro atoms. The minimum absolute atomic E-state index is 0. The molecule has 67 valence electrons. The molecule has 0 rings (SSSR count). The second-order valence-corrected chi connectivity index (χ2v) is 0.245. The lowest BCUT2D eigenvalue weighted by Gasteiger charge is -1.32. The molecule has 0 atom stereocenters. The highest BCUT2D eigenvalue weighted by Crippen LogP contribution is 1.25. The Morgan fingerprint density at radius 1 is 0.727 bits per heavy atom. The van der Waals surface area contributed by atoms with Gasteiger partial charge in [0.05, 0.1) is 0 Å². The Kier molecular flexibility index (Phi) is 1060. The quantitative estimate of drug-likeness (QED) is 0.291. The highest BCUT2D eigenvalue weighted by molar-refractivity contribution is 3.84. The van der Waals surface area contributed by atoms with Gasteiger partial charge in [-0.05, 0) is 0 Å². The molecule has 0 aromatic carbocycles. The van der Waals surface area contributed by atoms with E-state index in [0.29, 0.717) is 0 Å². The van der Waals surface area contributed by atoms with Crippen LogP contribution in [0, 0.1) is 14.7 Å². The maximum absolute atomic E-state index is 8.11. The first-order valence-electron chi connectivity index (χ1n) is 1.15. The maximum atomic E-state index is 8.11. The smallest absolute Gasteiger partial charge is 0.152 e. The van der Waals surface area contributed by atoms with Crippen LogP contribution in [-0.4, -0.2) is 15.6 Å². The molecule has 0 aliphatic carbocycles. The first-order valence-corrected chi connectivity index (χ1v) is 1.15. The van der Waals surface area contributed by atoms with Crippen molar-refractivity contribution in [3.05, 3.63) is 14.7 Å². The molecule has 0 unspecified atom stereocenters. The summed E-state index contributed by atoms with van der Waals surface area (Å²) < 4.78 is 0. The Labute approximate surface area is 60.0 Å². The molecular formula is H6N5O6. The first-order chi connectivity index (χ1) is 4.24. The third-order valence-corrected chi connectivity index (χ3v) is 0. The van der Waals surface area contributed by atoms with E-state index in [1.165, 1.54) is 16.0 Å². The highest BCUT2D eigenvalue weighted by atomic mass is 16.6. The van der Waals surface area contributed by atoms with Crippen molar-refractivity contribution < 1.29 is 15.6 Å². The molecule has 0 bridgehead atoms. The van der Waals surface area contributed by atoms with E-state index in [-0.39, 0.29) is 12.3 Å². The van der Waals surface area contributed by atoms with Crippen LogP contribution in [0.25, 0.3) is 0 Å². The van der Waals surface area contributed by atoms with Gasteiger partial charge in [-0.1, -0.05) is 0 Å². The zero-order chi connectivity index (χ0) is 8.12.